The van der Waals surface area contributed by atoms with Gasteiger partial charge in [-0.05, 0) is 18.2 Å². The van der Waals surface area contributed by atoms with Crippen LogP contribution in [-0.4, -0.2) is 62.2 Å². The fourth-order valence-corrected chi connectivity index (χ4v) is 3.34. The molecule has 0 amide bonds. The van der Waals surface area contributed by atoms with E-state index in [0.29, 0.717) is 0 Å². The summed E-state index contributed by atoms with van der Waals surface area (Å²) in [6, 6.07) is 7.01. The number of rotatable bonds is 4. The zero-order valence-electron chi connectivity index (χ0n) is 11.9. The van der Waals surface area contributed by atoms with Crippen LogP contribution in [0.5, 0.6) is 5.75 Å². The number of methoxy groups -OCH3 is 1. The zero-order valence-corrected chi connectivity index (χ0v) is 13.5. The Morgan fingerprint density at radius 2 is 2.00 bits per heavy atom. The van der Waals surface area contributed by atoms with Crippen molar-refractivity contribution in [1.82, 2.24) is 15.1 Å². The van der Waals surface area contributed by atoms with Crippen LogP contribution in [0.2, 0.25) is 0 Å². The van der Waals surface area contributed by atoms with E-state index in [0.717, 1.165) is 35.9 Å². The van der Waals surface area contributed by atoms with Crippen LogP contribution in [-0.2, 0) is 6.54 Å². The van der Waals surface area contributed by atoms with Crippen LogP contribution in [0.1, 0.15) is 5.56 Å². The van der Waals surface area contributed by atoms with Gasteiger partial charge in [-0.15, -0.1) is 0 Å². The second-order valence-electron chi connectivity index (χ2n) is 5.58. The minimum atomic E-state index is 0.776. The summed E-state index contributed by atoms with van der Waals surface area (Å²) in [5.41, 5.74) is 1.26. The Balaban J connectivity index is 1.57. The smallest absolute Gasteiger partial charge is 0.123 e. The van der Waals surface area contributed by atoms with Crippen LogP contribution in [0.3, 0.4) is 0 Å². The van der Waals surface area contributed by atoms with Crippen molar-refractivity contribution in [3.8, 4) is 5.75 Å². The van der Waals surface area contributed by atoms with Crippen molar-refractivity contribution in [1.29, 1.82) is 0 Å². The van der Waals surface area contributed by atoms with E-state index in [4.69, 9.17) is 4.74 Å². The van der Waals surface area contributed by atoms with Gasteiger partial charge in [-0.2, -0.15) is 0 Å². The van der Waals surface area contributed by atoms with E-state index in [1.165, 1.54) is 31.7 Å². The molecule has 2 aliphatic rings. The Kier molecular flexibility index (Phi) is 4.61. The summed E-state index contributed by atoms with van der Waals surface area (Å²) in [5, 5.41) is 3.35. The number of benzene rings is 1. The molecular formula is C15H22BrN3O. The lowest BCUT2D eigenvalue weighted by Gasteiger charge is -2.43. The van der Waals surface area contributed by atoms with Crippen LogP contribution in [0.25, 0.3) is 0 Å². The predicted octanol–water partition coefficient (Wildman–Crippen LogP) is 1.55. The fraction of sp³-hybridized carbons (Fsp3) is 0.600. The van der Waals surface area contributed by atoms with Crippen molar-refractivity contribution in [2.75, 3.05) is 46.4 Å². The van der Waals surface area contributed by atoms with Gasteiger partial charge in [0.1, 0.15) is 5.75 Å². The largest absolute Gasteiger partial charge is 0.496 e. The number of nitrogens with zero attached hydrogens (tertiary/aromatic N) is 2. The third-order valence-electron chi connectivity index (χ3n) is 4.32. The molecule has 1 aromatic carbocycles. The molecule has 0 saturated carbocycles. The molecule has 110 valence electrons. The van der Waals surface area contributed by atoms with E-state index in [9.17, 15) is 0 Å². The normalized spacial score (nSPS) is 21.7. The number of piperazine rings is 1. The van der Waals surface area contributed by atoms with Gasteiger partial charge >= 0.3 is 0 Å². The lowest BCUT2D eigenvalue weighted by molar-refractivity contribution is 0.0692. The Morgan fingerprint density at radius 1 is 1.25 bits per heavy atom. The van der Waals surface area contributed by atoms with Crippen LogP contribution < -0.4 is 10.1 Å². The molecule has 1 aromatic rings. The Labute approximate surface area is 129 Å². The molecule has 0 spiro atoms. The summed E-state index contributed by atoms with van der Waals surface area (Å²) in [6.07, 6.45) is 0. The first-order valence-corrected chi connectivity index (χ1v) is 8.05. The van der Waals surface area contributed by atoms with Crippen molar-refractivity contribution >= 4 is 15.9 Å². The molecule has 2 aliphatic heterocycles. The summed E-state index contributed by atoms with van der Waals surface area (Å²) in [4.78, 5) is 5.14. The van der Waals surface area contributed by atoms with Gasteiger partial charge in [0.25, 0.3) is 0 Å². The predicted molar refractivity (Wildman–Crippen MR) is 84.2 cm³/mol. The summed E-state index contributed by atoms with van der Waals surface area (Å²) >= 11 is 3.55. The highest BCUT2D eigenvalue weighted by atomic mass is 79.9. The van der Waals surface area contributed by atoms with Crippen LogP contribution in [0, 0.1) is 0 Å². The maximum atomic E-state index is 5.46. The molecule has 0 bridgehead atoms. The average Bonchev–Trinajstić information content (AvgIpc) is 2.39. The molecule has 3 rings (SSSR count). The number of ether oxygens (including phenoxy) is 1. The second kappa shape index (κ2) is 6.43. The van der Waals surface area contributed by atoms with E-state index < -0.39 is 0 Å². The molecule has 5 heteroatoms. The van der Waals surface area contributed by atoms with E-state index in [2.05, 4.69) is 37.1 Å². The average molecular weight is 340 g/mol. The highest BCUT2D eigenvalue weighted by Gasteiger charge is 2.27. The first kappa shape index (κ1) is 14.3. The molecule has 0 aliphatic carbocycles. The monoisotopic (exact) mass is 339 g/mol. The molecule has 0 unspecified atom stereocenters. The summed E-state index contributed by atoms with van der Waals surface area (Å²) in [5.74, 6) is 0.985. The topological polar surface area (TPSA) is 27.7 Å². The molecule has 1 N–H and O–H groups in total. The summed E-state index contributed by atoms with van der Waals surface area (Å²) in [7, 11) is 1.74. The van der Waals surface area contributed by atoms with Crippen LogP contribution in [0.4, 0.5) is 0 Å². The van der Waals surface area contributed by atoms with Crippen molar-refractivity contribution in [2.45, 2.75) is 12.6 Å². The standard InChI is InChI=1S/C15H22BrN3O/c1-20-15-3-2-13(16)8-12(15)11-18-4-6-19(7-5-18)14-9-17-10-14/h2-3,8,14,17H,4-7,9-11H2,1H3. The van der Waals surface area contributed by atoms with Crippen molar-refractivity contribution in [3.63, 3.8) is 0 Å². The third kappa shape index (κ3) is 3.17. The SMILES string of the molecule is COc1ccc(Br)cc1CN1CCN(C2CNC2)CC1. The highest BCUT2D eigenvalue weighted by molar-refractivity contribution is 9.10. The zero-order chi connectivity index (χ0) is 13.9. The Morgan fingerprint density at radius 3 is 2.60 bits per heavy atom. The maximum absolute atomic E-state index is 5.46. The van der Waals surface area contributed by atoms with Crippen LogP contribution >= 0.6 is 15.9 Å². The molecule has 0 atom stereocenters. The van der Waals surface area contributed by atoms with Gasteiger partial charge in [0.05, 0.1) is 7.11 Å². The minimum absolute atomic E-state index is 0.776. The minimum Gasteiger partial charge on any atom is -0.496 e. The van der Waals surface area contributed by atoms with Gasteiger partial charge in [-0.25, -0.2) is 0 Å². The number of halogens is 1. The molecule has 0 radical (unpaired) electrons. The van der Waals surface area contributed by atoms with Crippen molar-refractivity contribution in [3.05, 3.63) is 28.2 Å². The molecule has 0 aromatic heterocycles. The van der Waals surface area contributed by atoms with Crippen LogP contribution in [0.15, 0.2) is 22.7 Å². The summed E-state index contributed by atoms with van der Waals surface area (Å²) in [6.45, 7) is 7.96. The van der Waals surface area contributed by atoms with E-state index in [1.807, 2.05) is 12.1 Å². The molecule has 2 heterocycles. The van der Waals surface area contributed by atoms with Gasteiger partial charge in [-0.1, -0.05) is 15.9 Å². The number of hydrogen-bond donors (Lipinski definition) is 1. The third-order valence-corrected chi connectivity index (χ3v) is 4.81. The molecule has 20 heavy (non-hydrogen) atoms. The Hall–Kier alpha value is -0.620. The Bertz CT molecular complexity index is 456. The molecule has 2 fully saturated rings. The fourth-order valence-electron chi connectivity index (χ4n) is 2.93. The maximum Gasteiger partial charge on any atom is 0.123 e. The van der Waals surface area contributed by atoms with Gasteiger partial charge in [-0.3, -0.25) is 9.80 Å². The second-order valence-corrected chi connectivity index (χ2v) is 6.50. The molecule has 2 saturated heterocycles. The number of nitrogens with one attached hydrogen (secondary N) is 1. The van der Waals surface area contributed by atoms with Gasteiger partial charge in [0.2, 0.25) is 0 Å². The lowest BCUT2D eigenvalue weighted by atomic mass is 10.1. The van der Waals surface area contributed by atoms with Gasteiger partial charge in [0.15, 0.2) is 0 Å². The number of hydrogen-bond acceptors (Lipinski definition) is 4. The first-order valence-electron chi connectivity index (χ1n) is 7.26. The van der Waals surface area contributed by atoms with Gasteiger partial charge < -0.3 is 10.1 Å². The summed E-state index contributed by atoms with van der Waals surface area (Å²) < 4.78 is 6.58. The first-order chi connectivity index (χ1) is 9.76. The molecule has 4 nitrogen and oxygen atoms in total. The lowest BCUT2D eigenvalue weighted by Crippen LogP contribution is -2.61. The van der Waals surface area contributed by atoms with Crippen molar-refractivity contribution < 1.29 is 4.74 Å². The highest BCUT2D eigenvalue weighted by Crippen LogP contribution is 2.25. The van der Waals surface area contributed by atoms with Crippen molar-refractivity contribution in [2.24, 2.45) is 0 Å². The van der Waals surface area contributed by atoms with E-state index in [-0.39, 0.29) is 0 Å². The quantitative estimate of drug-likeness (QED) is 0.900. The van der Waals surface area contributed by atoms with E-state index >= 15 is 0 Å². The molecular weight excluding hydrogens is 318 g/mol. The van der Waals surface area contributed by atoms with Gasteiger partial charge in [0, 0.05) is 61.9 Å². The van der Waals surface area contributed by atoms with E-state index in [1.54, 1.807) is 7.11 Å².